The summed E-state index contributed by atoms with van der Waals surface area (Å²) in [6, 6.07) is 7.03. The van der Waals surface area contributed by atoms with E-state index in [1.807, 2.05) is 0 Å². The second kappa shape index (κ2) is 6.49. The number of nitrogens with one attached hydrogen (secondary N) is 2. The summed E-state index contributed by atoms with van der Waals surface area (Å²) >= 11 is 0. The number of aryl methyl sites for hydroxylation is 1. The number of hydrogen-bond acceptors (Lipinski definition) is 2. The van der Waals surface area contributed by atoms with Gasteiger partial charge in [0.05, 0.1) is 6.04 Å². The summed E-state index contributed by atoms with van der Waals surface area (Å²) in [7, 11) is 2.10. The number of benzene rings is 1. The molecule has 0 unspecified atom stereocenters. The minimum absolute atomic E-state index is 0.151. The highest BCUT2D eigenvalue weighted by Crippen LogP contribution is 2.35. The Morgan fingerprint density at radius 1 is 1.36 bits per heavy atom. The molecule has 2 heterocycles. The average molecular weight is 339 g/mol. The van der Waals surface area contributed by atoms with Crippen molar-refractivity contribution in [3.8, 4) is 0 Å². The van der Waals surface area contributed by atoms with Crippen molar-refractivity contribution >= 4 is 16.8 Å². The molecule has 0 radical (unpaired) electrons. The molecule has 4 rings (SSSR count). The maximum absolute atomic E-state index is 12.9. The van der Waals surface area contributed by atoms with Gasteiger partial charge in [-0.05, 0) is 55.2 Å². The Bertz CT molecular complexity index is 788. The van der Waals surface area contributed by atoms with Gasteiger partial charge in [-0.25, -0.2) is 0 Å². The van der Waals surface area contributed by atoms with Crippen LogP contribution in [-0.2, 0) is 18.3 Å². The summed E-state index contributed by atoms with van der Waals surface area (Å²) in [4.78, 5) is 12.9. The van der Waals surface area contributed by atoms with Crippen LogP contribution in [0, 0.1) is 5.92 Å². The third-order valence-corrected chi connectivity index (χ3v) is 5.80. The van der Waals surface area contributed by atoms with Gasteiger partial charge in [0.15, 0.2) is 0 Å². The predicted molar refractivity (Wildman–Crippen MR) is 102 cm³/mol. The molecule has 4 nitrogen and oxygen atoms in total. The lowest BCUT2D eigenvalue weighted by Crippen LogP contribution is -2.51. The number of carbonyl (C=O) groups excluding carboxylic acids is 1. The number of amides is 1. The summed E-state index contributed by atoms with van der Waals surface area (Å²) in [6.07, 6.45) is 7.51. The number of rotatable bonds is 4. The molecule has 0 saturated heterocycles. The molecule has 0 spiro atoms. The van der Waals surface area contributed by atoms with Gasteiger partial charge in [-0.1, -0.05) is 26.0 Å². The minimum Gasteiger partial charge on any atom is -0.352 e. The Balaban J connectivity index is 1.70. The first-order chi connectivity index (χ1) is 12.0. The second-order valence-electron chi connectivity index (χ2n) is 8.25. The van der Waals surface area contributed by atoms with E-state index in [9.17, 15) is 4.79 Å². The molecule has 0 bridgehead atoms. The molecule has 1 aromatic carbocycles. The fourth-order valence-corrected chi connectivity index (χ4v) is 4.31. The second-order valence-corrected chi connectivity index (χ2v) is 8.25. The van der Waals surface area contributed by atoms with Crippen molar-refractivity contribution in [3.63, 3.8) is 0 Å². The van der Waals surface area contributed by atoms with Gasteiger partial charge in [0.1, 0.15) is 0 Å². The van der Waals surface area contributed by atoms with Gasteiger partial charge in [0.2, 0.25) is 5.91 Å². The third kappa shape index (κ3) is 3.08. The quantitative estimate of drug-likeness (QED) is 0.896. The molecule has 2 N–H and O–H groups in total. The van der Waals surface area contributed by atoms with E-state index in [0.717, 1.165) is 25.7 Å². The van der Waals surface area contributed by atoms with E-state index in [1.165, 1.54) is 28.5 Å². The van der Waals surface area contributed by atoms with Crippen LogP contribution in [0.5, 0.6) is 0 Å². The molecule has 2 aliphatic rings. The largest absolute Gasteiger partial charge is 0.352 e. The number of hydrogen-bond donors (Lipinski definition) is 2. The van der Waals surface area contributed by atoms with E-state index in [4.69, 9.17) is 0 Å². The molecule has 134 valence electrons. The summed E-state index contributed by atoms with van der Waals surface area (Å²) in [5, 5.41) is 8.29. The SMILES string of the molecule is CC(C)C[C@@H]1N[C@H](C(=O)NC2CCC2)Cc2cn(C)c3cccc1c23. The zero-order valence-corrected chi connectivity index (χ0v) is 15.5. The van der Waals surface area contributed by atoms with E-state index in [1.54, 1.807) is 0 Å². The molecule has 2 atom stereocenters. The van der Waals surface area contributed by atoms with Crippen LogP contribution >= 0.6 is 0 Å². The third-order valence-electron chi connectivity index (χ3n) is 5.80. The molecule has 1 amide bonds. The monoisotopic (exact) mass is 339 g/mol. The van der Waals surface area contributed by atoms with Crippen molar-refractivity contribution in [1.82, 2.24) is 15.2 Å². The van der Waals surface area contributed by atoms with Crippen molar-refractivity contribution in [2.24, 2.45) is 13.0 Å². The first-order valence-corrected chi connectivity index (χ1v) is 9.66. The first-order valence-electron chi connectivity index (χ1n) is 9.66. The summed E-state index contributed by atoms with van der Waals surface area (Å²) < 4.78 is 2.20. The number of nitrogens with zero attached hydrogens (tertiary/aromatic N) is 1. The highest BCUT2D eigenvalue weighted by molar-refractivity contribution is 5.90. The molecule has 1 aliphatic heterocycles. The van der Waals surface area contributed by atoms with Crippen LogP contribution in [0.3, 0.4) is 0 Å². The van der Waals surface area contributed by atoms with E-state index in [2.05, 4.69) is 60.5 Å². The lowest BCUT2D eigenvalue weighted by Gasteiger charge is -2.30. The lowest BCUT2D eigenvalue weighted by atomic mass is 9.92. The highest BCUT2D eigenvalue weighted by Gasteiger charge is 2.32. The maximum atomic E-state index is 12.9. The molecule has 25 heavy (non-hydrogen) atoms. The van der Waals surface area contributed by atoms with Gasteiger partial charge in [-0.2, -0.15) is 0 Å². The summed E-state index contributed by atoms with van der Waals surface area (Å²) in [6.45, 7) is 4.50. The van der Waals surface area contributed by atoms with Crippen LogP contribution < -0.4 is 10.6 Å². The smallest absolute Gasteiger partial charge is 0.237 e. The van der Waals surface area contributed by atoms with E-state index < -0.39 is 0 Å². The highest BCUT2D eigenvalue weighted by atomic mass is 16.2. The zero-order valence-electron chi connectivity index (χ0n) is 15.5. The minimum atomic E-state index is -0.151. The molecule has 1 aliphatic carbocycles. The van der Waals surface area contributed by atoms with Crippen molar-refractivity contribution < 1.29 is 4.79 Å². The van der Waals surface area contributed by atoms with Crippen LogP contribution in [0.15, 0.2) is 24.4 Å². The molecule has 1 fully saturated rings. The fraction of sp³-hybridized carbons (Fsp3) is 0.571. The van der Waals surface area contributed by atoms with Crippen molar-refractivity contribution in [2.75, 3.05) is 0 Å². The van der Waals surface area contributed by atoms with Gasteiger partial charge >= 0.3 is 0 Å². The summed E-state index contributed by atoms with van der Waals surface area (Å²) in [5.41, 5.74) is 3.91. The lowest BCUT2D eigenvalue weighted by molar-refractivity contribution is -0.124. The van der Waals surface area contributed by atoms with Crippen LogP contribution in [0.1, 0.15) is 56.7 Å². The summed E-state index contributed by atoms with van der Waals surface area (Å²) in [5.74, 6) is 0.747. The van der Waals surface area contributed by atoms with Gasteiger partial charge in [-0.3, -0.25) is 10.1 Å². The van der Waals surface area contributed by atoms with Crippen LogP contribution in [0.25, 0.3) is 10.9 Å². The van der Waals surface area contributed by atoms with Gasteiger partial charge < -0.3 is 9.88 Å². The Morgan fingerprint density at radius 3 is 2.84 bits per heavy atom. The van der Waals surface area contributed by atoms with E-state index in [-0.39, 0.29) is 18.0 Å². The average Bonchev–Trinajstić information content (AvgIpc) is 2.76. The van der Waals surface area contributed by atoms with E-state index >= 15 is 0 Å². The first kappa shape index (κ1) is 16.6. The number of carbonyl (C=O) groups is 1. The fourth-order valence-electron chi connectivity index (χ4n) is 4.31. The number of aromatic nitrogens is 1. The van der Waals surface area contributed by atoms with Crippen LogP contribution in [-0.4, -0.2) is 22.6 Å². The molecule has 1 aromatic heterocycles. The molecule has 2 aromatic rings. The van der Waals surface area contributed by atoms with Gasteiger partial charge in [0.25, 0.3) is 0 Å². The van der Waals surface area contributed by atoms with E-state index in [0.29, 0.717) is 12.0 Å². The molecule has 1 saturated carbocycles. The van der Waals surface area contributed by atoms with Crippen molar-refractivity contribution in [2.45, 2.75) is 64.1 Å². The topological polar surface area (TPSA) is 46.1 Å². The molecular formula is C21H29N3O. The Kier molecular flexibility index (Phi) is 4.32. The van der Waals surface area contributed by atoms with Gasteiger partial charge in [-0.15, -0.1) is 0 Å². The molecule has 4 heteroatoms. The van der Waals surface area contributed by atoms with Crippen molar-refractivity contribution in [3.05, 3.63) is 35.5 Å². The maximum Gasteiger partial charge on any atom is 0.237 e. The normalized spacial score (nSPS) is 23.5. The van der Waals surface area contributed by atoms with Gasteiger partial charge in [0, 0.05) is 36.2 Å². The molecular weight excluding hydrogens is 310 g/mol. The zero-order chi connectivity index (χ0) is 17.6. The predicted octanol–water partition coefficient (Wildman–Crippen LogP) is 3.45. The Morgan fingerprint density at radius 2 is 2.16 bits per heavy atom. The van der Waals surface area contributed by atoms with Crippen molar-refractivity contribution in [1.29, 1.82) is 0 Å². The van der Waals surface area contributed by atoms with Crippen LogP contribution in [0.4, 0.5) is 0 Å². The Labute approximate surface area is 150 Å². The Hall–Kier alpha value is -1.81. The van der Waals surface area contributed by atoms with Crippen LogP contribution in [0.2, 0.25) is 0 Å². The standard InChI is InChI=1S/C21H29N3O/c1-13(2)10-17-16-8-5-9-19-20(16)14(12-24(19)3)11-18(23-17)21(25)22-15-6-4-7-15/h5,8-9,12-13,15,17-18,23H,4,6-7,10-11H2,1-3H3,(H,22,25)/t17-,18-/m0/s1.